The number of carbonyl (C=O) groups excluding carboxylic acids is 1. The summed E-state index contributed by atoms with van der Waals surface area (Å²) < 4.78 is 5.19. The molecule has 1 heterocycles. The quantitative estimate of drug-likeness (QED) is 0.860. The van der Waals surface area contributed by atoms with Crippen molar-refractivity contribution in [1.29, 1.82) is 0 Å². The zero-order valence-corrected chi connectivity index (χ0v) is 11.4. The van der Waals surface area contributed by atoms with E-state index in [1.807, 2.05) is 13.8 Å². The highest BCUT2D eigenvalue weighted by molar-refractivity contribution is 6.34. The van der Waals surface area contributed by atoms with Gasteiger partial charge < -0.3 is 10.1 Å². The Balaban J connectivity index is 2.71. The molecule has 0 saturated carbocycles. The van der Waals surface area contributed by atoms with Gasteiger partial charge in [-0.15, -0.1) is 0 Å². The number of pyridine rings is 1. The molecule has 0 aliphatic heterocycles. The number of halogens is 2. The minimum Gasteiger partial charge on any atom is -0.377 e. The first kappa shape index (κ1) is 14.2. The van der Waals surface area contributed by atoms with Crippen LogP contribution in [-0.2, 0) is 4.74 Å². The van der Waals surface area contributed by atoms with E-state index in [0.717, 1.165) is 0 Å². The van der Waals surface area contributed by atoms with Crippen LogP contribution in [0.1, 0.15) is 24.2 Å². The van der Waals surface area contributed by atoms with E-state index >= 15 is 0 Å². The normalized spacial score (nSPS) is 11.4. The molecule has 0 aromatic carbocycles. The Kier molecular flexibility index (Phi) is 4.74. The van der Waals surface area contributed by atoms with Gasteiger partial charge in [-0.2, -0.15) is 0 Å². The number of methoxy groups -OCH3 is 1. The molecule has 0 saturated heterocycles. The van der Waals surface area contributed by atoms with E-state index < -0.39 is 5.60 Å². The fourth-order valence-electron chi connectivity index (χ4n) is 1.04. The maximum absolute atomic E-state index is 11.8. The predicted molar refractivity (Wildman–Crippen MR) is 67.7 cm³/mol. The lowest BCUT2D eigenvalue weighted by Gasteiger charge is -2.23. The lowest BCUT2D eigenvalue weighted by atomic mass is 10.1. The van der Waals surface area contributed by atoms with Crippen molar-refractivity contribution in [3.05, 3.63) is 28.0 Å². The first-order chi connectivity index (χ1) is 7.85. The first-order valence-electron chi connectivity index (χ1n) is 5.01. The molecule has 1 N–H and O–H groups in total. The molecule has 0 spiro atoms. The van der Waals surface area contributed by atoms with Crippen LogP contribution in [0.4, 0.5) is 0 Å². The third-order valence-corrected chi connectivity index (χ3v) is 2.79. The van der Waals surface area contributed by atoms with E-state index in [4.69, 9.17) is 27.9 Å². The highest BCUT2D eigenvalue weighted by Crippen LogP contribution is 2.16. The number of hydrogen-bond acceptors (Lipinski definition) is 3. The van der Waals surface area contributed by atoms with Gasteiger partial charge in [0.05, 0.1) is 11.2 Å². The standard InChI is InChI=1S/C11H14Cl2N2O2/c1-11(2,17-3)6-14-10(16)7-4-5-8(12)15-9(7)13/h4-5H,6H2,1-3H3,(H,14,16). The van der Waals surface area contributed by atoms with Gasteiger partial charge >= 0.3 is 0 Å². The molecular weight excluding hydrogens is 263 g/mol. The summed E-state index contributed by atoms with van der Waals surface area (Å²) in [6, 6.07) is 3.05. The van der Waals surface area contributed by atoms with E-state index in [9.17, 15) is 4.79 Å². The Morgan fingerprint density at radius 2 is 2.12 bits per heavy atom. The number of nitrogens with one attached hydrogen (secondary N) is 1. The van der Waals surface area contributed by atoms with Gasteiger partial charge in [0.1, 0.15) is 10.3 Å². The van der Waals surface area contributed by atoms with E-state index in [1.165, 1.54) is 12.1 Å². The van der Waals surface area contributed by atoms with Crippen molar-refractivity contribution in [3.8, 4) is 0 Å². The molecule has 1 aromatic rings. The summed E-state index contributed by atoms with van der Waals surface area (Å²) in [6.45, 7) is 4.12. The molecule has 1 aromatic heterocycles. The number of rotatable bonds is 4. The summed E-state index contributed by atoms with van der Waals surface area (Å²) in [7, 11) is 1.59. The highest BCUT2D eigenvalue weighted by atomic mass is 35.5. The van der Waals surface area contributed by atoms with Crippen molar-refractivity contribution in [2.75, 3.05) is 13.7 Å². The topological polar surface area (TPSA) is 51.2 Å². The molecular formula is C11H14Cl2N2O2. The zero-order valence-electron chi connectivity index (χ0n) is 9.88. The molecule has 17 heavy (non-hydrogen) atoms. The fraction of sp³-hybridized carbons (Fsp3) is 0.455. The molecule has 94 valence electrons. The highest BCUT2D eigenvalue weighted by Gasteiger charge is 2.19. The molecule has 0 atom stereocenters. The Morgan fingerprint density at radius 1 is 1.47 bits per heavy atom. The average Bonchev–Trinajstić information content (AvgIpc) is 2.26. The van der Waals surface area contributed by atoms with Crippen LogP contribution in [0.25, 0.3) is 0 Å². The van der Waals surface area contributed by atoms with Crippen molar-refractivity contribution in [2.45, 2.75) is 19.4 Å². The van der Waals surface area contributed by atoms with Crippen LogP contribution >= 0.6 is 23.2 Å². The van der Waals surface area contributed by atoms with E-state index in [-0.39, 0.29) is 16.2 Å². The van der Waals surface area contributed by atoms with Gasteiger partial charge in [0, 0.05) is 13.7 Å². The molecule has 0 radical (unpaired) electrons. The van der Waals surface area contributed by atoms with E-state index in [2.05, 4.69) is 10.3 Å². The van der Waals surface area contributed by atoms with Crippen LogP contribution in [0.3, 0.4) is 0 Å². The second kappa shape index (κ2) is 5.67. The summed E-state index contributed by atoms with van der Waals surface area (Å²) in [5, 5.41) is 3.06. The molecule has 0 unspecified atom stereocenters. The van der Waals surface area contributed by atoms with E-state index in [1.54, 1.807) is 7.11 Å². The number of ether oxygens (including phenoxy) is 1. The molecule has 0 aliphatic rings. The number of amides is 1. The largest absolute Gasteiger partial charge is 0.377 e. The summed E-state index contributed by atoms with van der Waals surface area (Å²) in [5.41, 5.74) is -0.134. The minimum absolute atomic E-state index is 0.0882. The summed E-state index contributed by atoms with van der Waals surface area (Å²) in [6.07, 6.45) is 0. The summed E-state index contributed by atoms with van der Waals surface area (Å²) >= 11 is 11.5. The third kappa shape index (κ3) is 4.15. The van der Waals surface area contributed by atoms with Crippen LogP contribution < -0.4 is 5.32 Å². The zero-order chi connectivity index (χ0) is 13.1. The van der Waals surface area contributed by atoms with Crippen LogP contribution in [0, 0.1) is 0 Å². The van der Waals surface area contributed by atoms with Gasteiger partial charge in [-0.1, -0.05) is 23.2 Å². The molecule has 4 nitrogen and oxygen atoms in total. The van der Waals surface area contributed by atoms with Crippen molar-refractivity contribution in [2.24, 2.45) is 0 Å². The number of carbonyl (C=O) groups is 1. The van der Waals surface area contributed by atoms with E-state index in [0.29, 0.717) is 12.1 Å². The Morgan fingerprint density at radius 3 is 2.65 bits per heavy atom. The maximum atomic E-state index is 11.8. The Bertz CT molecular complexity index is 422. The van der Waals surface area contributed by atoms with Gasteiger partial charge in [0.25, 0.3) is 5.91 Å². The third-order valence-electron chi connectivity index (χ3n) is 2.29. The SMILES string of the molecule is COC(C)(C)CNC(=O)c1ccc(Cl)nc1Cl. The van der Waals surface area contributed by atoms with Gasteiger partial charge in [-0.25, -0.2) is 4.98 Å². The van der Waals surface area contributed by atoms with Gasteiger partial charge in [-0.3, -0.25) is 4.79 Å². The molecule has 6 heteroatoms. The smallest absolute Gasteiger partial charge is 0.254 e. The van der Waals surface area contributed by atoms with Crippen LogP contribution in [-0.4, -0.2) is 30.1 Å². The van der Waals surface area contributed by atoms with Crippen molar-refractivity contribution in [1.82, 2.24) is 10.3 Å². The maximum Gasteiger partial charge on any atom is 0.254 e. The molecule has 1 rings (SSSR count). The molecule has 0 bridgehead atoms. The van der Waals surface area contributed by atoms with Crippen molar-refractivity contribution in [3.63, 3.8) is 0 Å². The number of nitrogens with zero attached hydrogens (tertiary/aromatic N) is 1. The first-order valence-corrected chi connectivity index (χ1v) is 5.77. The van der Waals surface area contributed by atoms with Gasteiger partial charge in [-0.05, 0) is 26.0 Å². The van der Waals surface area contributed by atoms with Crippen LogP contribution in [0.15, 0.2) is 12.1 Å². The van der Waals surface area contributed by atoms with Crippen LogP contribution in [0.5, 0.6) is 0 Å². The Hall–Kier alpha value is -0.840. The molecule has 0 fully saturated rings. The summed E-state index contributed by atoms with van der Waals surface area (Å²) in [5.74, 6) is -0.302. The minimum atomic E-state index is -0.429. The number of aromatic nitrogens is 1. The monoisotopic (exact) mass is 276 g/mol. The lowest BCUT2D eigenvalue weighted by molar-refractivity contribution is 0.0228. The van der Waals surface area contributed by atoms with Gasteiger partial charge in [0.2, 0.25) is 0 Å². The second-order valence-corrected chi connectivity index (χ2v) is 4.86. The second-order valence-electron chi connectivity index (χ2n) is 4.12. The molecule has 1 amide bonds. The molecule has 0 aliphatic carbocycles. The predicted octanol–water partition coefficient (Wildman–Crippen LogP) is 2.54. The van der Waals surface area contributed by atoms with Crippen molar-refractivity contribution >= 4 is 29.1 Å². The van der Waals surface area contributed by atoms with Gasteiger partial charge in [0.15, 0.2) is 0 Å². The fourth-order valence-corrected chi connectivity index (χ4v) is 1.47. The van der Waals surface area contributed by atoms with Crippen molar-refractivity contribution < 1.29 is 9.53 Å². The number of hydrogen-bond donors (Lipinski definition) is 1. The Labute approximate surface area is 110 Å². The van der Waals surface area contributed by atoms with Crippen LogP contribution in [0.2, 0.25) is 10.3 Å². The average molecular weight is 277 g/mol. The summed E-state index contributed by atoms with van der Waals surface area (Å²) in [4.78, 5) is 15.6. The lowest BCUT2D eigenvalue weighted by Crippen LogP contribution is -2.39.